The van der Waals surface area contributed by atoms with Crippen molar-refractivity contribution in [2.24, 2.45) is 5.92 Å². The van der Waals surface area contributed by atoms with E-state index in [0.717, 1.165) is 70.1 Å². The molecule has 0 radical (unpaired) electrons. The molecule has 1 unspecified atom stereocenters. The normalized spacial score (nSPS) is 20.6. The van der Waals surface area contributed by atoms with E-state index in [4.69, 9.17) is 9.15 Å². The van der Waals surface area contributed by atoms with Gasteiger partial charge in [0, 0.05) is 26.2 Å². The first kappa shape index (κ1) is 19.2. The van der Waals surface area contributed by atoms with Crippen LogP contribution in [0.25, 0.3) is 0 Å². The number of nitrogens with zero attached hydrogens (tertiary/aromatic N) is 2. The van der Waals surface area contributed by atoms with E-state index in [1.54, 1.807) is 6.26 Å². The molecule has 0 aliphatic carbocycles. The maximum atomic E-state index is 12.9. The average molecular weight is 384 g/mol. The highest BCUT2D eigenvalue weighted by atomic mass is 16.5. The molecule has 6 heteroatoms. The number of hydrogen-bond donors (Lipinski definition) is 1. The Morgan fingerprint density at radius 1 is 1.14 bits per heavy atom. The third-order valence-electron chi connectivity index (χ3n) is 5.66. The molecule has 3 heterocycles. The molecule has 1 aromatic carbocycles. The van der Waals surface area contributed by atoms with Crippen molar-refractivity contribution in [3.8, 4) is 0 Å². The van der Waals surface area contributed by atoms with Gasteiger partial charge in [-0.05, 0) is 36.0 Å². The van der Waals surface area contributed by atoms with Gasteiger partial charge >= 0.3 is 0 Å². The monoisotopic (exact) mass is 384 g/mol. The number of morpholine rings is 1. The minimum atomic E-state index is 0.0589. The highest BCUT2D eigenvalue weighted by molar-refractivity contribution is 5.94. The molecule has 2 aliphatic heterocycles. The van der Waals surface area contributed by atoms with Crippen molar-refractivity contribution >= 4 is 5.91 Å². The van der Waals surface area contributed by atoms with Crippen LogP contribution < -0.4 is 0 Å². The van der Waals surface area contributed by atoms with Crippen molar-refractivity contribution in [3.05, 3.63) is 59.0 Å². The third kappa shape index (κ3) is 4.63. The van der Waals surface area contributed by atoms with Crippen LogP contribution in [0.15, 0.2) is 41.0 Å². The van der Waals surface area contributed by atoms with Gasteiger partial charge in [-0.15, -0.1) is 0 Å². The van der Waals surface area contributed by atoms with Gasteiger partial charge in [-0.25, -0.2) is 0 Å². The second kappa shape index (κ2) is 8.90. The standard InChI is InChI=1S/C22H28N2O4/c25-15-19-3-1-2-17(11-19)10-18-4-5-24(13-18)22(26)20-12-21(28-16-20)14-23-6-8-27-9-7-23/h1-3,11-12,16,18,25H,4-10,13-15H2. The quantitative estimate of drug-likeness (QED) is 0.828. The Balaban J connectivity index is 1.31. The van der Waals surface area contributed by atoms with Crippen molar-refractivity contribution in [2.75, 3.05) is 39.4 Å². The topological polar surface area (TPSA) is 66.2 Å². The first-order chi connectivity index (χ1) is 13.7. The van der Waals surface area contributed by atoms with Crippen LogP contribution in [0.2, 0.25) is 0 Å². The number of likely N-dealkylation sites (tertiary alicyclic amines) is 1. The summed E-state index contributed by atoms with van der Waals surface area (Å²) in [5.41, 5.74) is 2.81. The second-order valence-corrected chi connectivity index (χ2v) is 7.78. The minimum absolute atomic E-state index is 0.0589. The van der Waals surface area contributed by atoms with Crippen molar-refractivity contribution in [1.29, 1.82) is 0 Å². The predicted octanol–water partition coefficient (Wildman–Crippen LogP) is 2.31. The van der Waals surface area contributed by atoms with E-state index in [1.165, 1.54) is 5.56 Å². The summed E-state index contributed by atoms with van der Waals surface area (Å²) >= 11 is 0. The van der Waals surface area contributed by atoms with Crippen molar-refractivity contribution < 1.29 is 19.1 Å². The van der Waals surface area contributed by atoms with Gasteiger partial charge in [0.2, 0.25) is 0 Å². The van der Waals surface area contributed by atoms with Gasteiger partial charge in [-0.2, -0.15) is 0 Å². The van der Waals surface area contributed by atoms with Crippen molar-refractivity contribution in [2.45, 2.75) is 26.0 Å². The maximum Gasteiger partial charge on any atom is 0.257 e. The van der Waals surface area contributed by atoms with E-state index < -0.39 is 0 Å². The SMILES string of the molecule is O=C(c1coc(CN2CCOCC2)c1)N1CCC(Cc2cccc(CO)c2)C1. The summed E-state index contributed by atoms with van der Waals surface area (Å²) in [4.78, 5) is 17.1. The zero-order chi connectivity index (χ0) is 19.3. The van der Waals surface area contributed by atoms with Crippen molar-refractivity contribution in [3.63, 3.8) is 0 Å². The zero-order valence-electron chi connectivity index (χ0n) is 16.2. The molecule has 0 spiro atoms. The van der Waals surface area contributed by atoms with E-state index >= 15 is 0 Å². The zero-order valence-corrected chi connectivity index (χ0v) is 16.2. The predicted molar refractivity (Wildman–Crippen MR) is 105 cm³/mol. The molecule has 28 heavy (non-hydrogen) atoms. The molecule has 1 aromatic heterocycles. The van der Waals surface area contributed by atoms with Crippen LogP contribution in [0.4, 0.5) is 0 Å². The molecule has 2 fully saturated rings. The number of carbonyl (C=O) groups is 1. The van der Waals surface area contributed by atoms with Crippen LogP contribution in [-0.2, 0) is 24.3 Å². The number of rotatable bonds is 6. The van der Waals surface area contributed by atoms with E-state index in [0.29, 0.717) is 11.5 Å². The Kier molecular flexibility index (Phi) is 6.10. The lowest BCUT2D eigenvalue weighted by Gasteiger charge is -2.25. The van der Waals surface area contributed by atoms with E-state index in [1.807, 2.05) is 23.1 Å². The molecule has 1 N–H and O–H groups in total. The van der Waals surface area contributed by atoms with Gasteiger partial charge in [-0.3, -0.25) is 9.69 Å². The highest BCUT2D eigenvalue weighted by Crippen LogP contribution is 2.24. The number of amides is 1. The summed E-state index contributed by atoms with van der Waals surface area (Å²) in [6.07, 6.45) is 3.54. The van der Waals surface area contributed by atoms with E-state index in [2.05, 4.69) is 17.0 Å². The van der Waals surface area contributed by atoms with Gasteiger partial charge in [0.15, 0.2) is 0 Å². The van der Waals surface area contributed by atoms with Gasteiger partial charge in [0.25, 0.3) is 5.91 Å². The lowest BCUT2D eigenvalue weighted by Crippen LogP contribution is -2.35. The summed E-state index contributed by atoms with van der Waals surface area (Å²) in [5, 5.41) is 9.30. The van der Waals surface area contributed by atoms with Crippen LogP contribution >= 0.6 is 0 Å². The number of benzene rings is 1. The van der Waals surface area contributed by atoms with Crippen LogP contribution in [0, 0.1) is 5.92 Å². The number of hydrogen-bond acceptors (Lipinski definition) is 5. The van der Waals surface area contributed by atoms with Crippen LogP contribution in [0.1, 0.15) is 33.7 Å². The highest BCUT2D eigenvalue weighted by Gasteiger charge is 2.28. The number of ether oxygens (including phenoxy) is 1. The number of aliphatic hydroxyl groups is 1. The summed E-state index contributed by atoms with van der Waals surface area (Å²) in [6, 6.07) is 9.95. The fourth-order valence-electron chi connectivity index (χ4n) is 4.11. The summed E-state index contributed by atoms with van der Waals surface area (Å²) in [6.45, 7) is 5.65. The molecule has 2 saturated heterocycles. The van der Waals surface area contributed by atoms with Crippen LogP contribution in [0.3, 0.4) is 0 Å². The van der Waals surface area contributed by atoms with Gasteiger partial charge in [-0.1, -0.05) is 24.3 Å². The number of carbonyl (C=O) groups excluding carboxylic acids is 1. The van der Waals surface area contributed by atoms with Gasteiger partial charge < -0.3 is 19.2 Å². The molecule has 4 rings (SSSR count). The van der Waals surface area contributed by atoms with Gasteiger partial charge in [0.1, 0.15) is 12.0 Å². The molecule has 0 bridgehead atoms. The van der Waals surface area contributed by atoms with E-state index in [-0.39, 0.29) is 12.5 Å². The molecule has 0 saturated carbocycles. The lowest BCUT2D eigenvalue weighted by atomic mass is 9.97. The van der Waals surface area contributed by atoms with Crippen LogP contribution in [0.5, 0.6) is 0 Å². The minimum Gasteiger partial charge on any atom is -0.467 e. The summed E-state index contributed by atoms with van der Waals surface area (Å²) in [5.74, 6) is 1.35. The summed E-state index contributed by atoms with van der Waals surface area (Å²) in [7, 11) is 0. The van der Waals surface area contributed by atoms with Crippen LogP contribution in [-0.4, -0.2) is 60.2 Å². The largest absolute Gasteiger partial charge is 0.467 e. The third-order valence-corrected chi connectivity index (χ3v) is 5.66. The second-order valence-electron chi connectivity index (χ2n) is 7.78. The smallest absolute Gasteiger partial charge is 0.257 e. The first-order valence-corrected chi connectivity index (χ1v) is 10.1. The fraction of sp³-hybridized carbons (Fsp3) is 0.500. The number of furan rings is 1. The molecule has 1 amide bonds. The average Bonchev–Trinajstić information content (AvgIpc) is 3.38. The summed E-state index contributed by atoms with van der Waals surface area (Å²) < 4.78 is 11.0. The Morgan fingerprint density at radius 3 is 2.79 bits per heavy atom. The molecule has 2 aromatic rings. The molecular formula is C22H28N2O4. The molecular weight excluding hydrogens is 356 g/mol. The van der Waals surface area contributed by atoms with Gasteiger partial charge in [0.05, 0.1) is 31.9 Å². The van der Waals surface area contributed by atoms with Crippen molar-refractivity contribution in [1.82, 2.24) is 9.80 Å². The molecule has 1 atom stereocenters. The first-order valence-electron chi connectivity index (χ1n) is 10.1. The molecule has 2 aliphatic rings. The Hall–Kier alpha value is -2.15. The molecule has 150 valence electrons. The van der Waals surface area contributed by atoms with E-state index in [9.17, 15) is 9.90 Å². The Labute approximate surface area is 165 Å². The fourth-order valence-corrected chi connectivity index (χ4v) is 4.11. The Bertz CT molecular complexity index is 797. The number of aliphatic hydroxyl groups excluding tert-OH is 1. The maximum absolute atomic E-state index is 12.9. The molecule has 6 nitrogen and oxygen atoms in total. The lowest BCUT2D eigenvalue weighted by molar-refractivity contribution is 0.0313. The Morgan fingerprint density at radius 2 is 1.96 bits per heavy atom.